The van der Waals surface area contributed by atoms with Crippen molar-refractivity contribution in [3.63, 3.8) is 0 Å². The van der Waals surface area contributed by atoms with E-state index in [9.17, 15) is 4.79 Å². The highest BCUT2D eigenvalue weighted by Crippen LogP contribution is 2.24. The number of benzene rings is 1. The number of nitrogens with zero attached hydrogens (tertiary/aromatic N) is 3. The van der Waals surface area contributed by atoms with Crippen LogP contribution in [0.2, 0.25) is 0 Å². The fourth-order valence-electron chi connectivity index (χ4n) is 2.30. The Hall–Kier alpha value is -2.02. The summed E-state index contributed by atoms with van der Waals surface area (Å²) in [5, 5.41) is 8.54. The number of hydrogen-bond acceptors (Lipinski definition) is 6. The first-order valence-electron chi connectivity index (χ1n) is 7.10. The lowest BCUT2D eigenvalue weighted by Gasteiger charge is -2.11. The Morgan fingerprint density at radius 2 is 2.32 bits per heavy atom. The van der Waals surface area contributed by atoms with Gasteiger partial charge in [0.1, 0.15) is 5.75 Å². The van der Waals surface area contributed by atoms with Crippen LogP contribution in [0.25, 0.3) is 0 Å². The van der Waals surface area contributed by atoms with Crippen LogP contribution in [0.3, 0.4) is 0 Å². The largest absolute Gasteiger partial charge is 0.497 e. The number of ether oxygens (including phenoxy) is 1. The predicted molar refractivity (Wildman–Crippen MR) is 81.5 cm³/mol. The summed E-state index contributed by atoms with van der Waals surface area (Å²) in [6.45, 7) is 1.18. The van der Waals surface area contributed by atoms with Gasteiger partial charge < -0.3 is 14.1 Å². The molecule has 3 rings (SSSR count). The fraction of sp³-hybridized carbons (Fsp3) is 0.400. The Bertz CT molecular complexity index is 659. The van der Waals surface area contributed by atoms with Crippen LogP contribution in [0.5, 0.6) is 5.75 Å². The smallest absolute Gasteiger partial charge is 0.276 e. The van der Waals surface area contributed by atoms with E-state index in [1.807, 2.05) is 24.3 Å². The van der Waals surface area contributed by atoms with Crippen molar-refractivity contribution in [2.45, 2.75) is 30.4 Å². The van der Waals surface area contributed by atoms with E-state index in [4.69, 9.17) is 9.15 Å². The Balaban J connectivity index is 1.56. The lowest BCUT2D eigenvalue weighted by Crippen LogP contribution is -2.23. The van der Waals surface area contributed by atoms with Gasteiger partial charge in [0.05, 0.1) is 13.7 Å². The third-order valence-corrected chi connectivity index (χ3v) is 4.33. The van der Waals surface area contributed by atoms with Gasteiger partial charge in [-0.25, -0.2) is 0 Å². The molecule has 1 amide bonds. The summed E-state index contributed by atoms with van der Waals surface area (Å²) < 4.78 is 10.8. The fourth-order valence-corrected chi connectivity index (χ4v) is 3.03. The Morgan fingerprint density at radius 1 is 1.41 bits per heavy atom. The second-order valence-electron chi connectivity index (χ2n) is 5.02. The normalized spacial score (nSPS) is 14.6. The van der Waals surface area contributed by atoms with Crippen LogP contribution in [0.1, 0.15) is 24.3 Å². The summed E-state index contributed by atoms with van der Waals surface area (Å²) in [6.07, 6.45) is 1.52. The molecule has 0 bridgehead atoms. The molecule has 1 aromatic heterocycles. The summed E-state index contributed by atoms with van der Waals surface area (Å²) in [7, 11) is 1.65. The summed E-state index contributed by atoms with van der Waals surface area (Å²) >= 11 is 1.47. The van der Waals surface area contributed by atoms with Crippen LogP contribution in [0.4, 0.5) is 0 Å². The van der Waals surface area contributed by atoms with Gasteiger partial charge in [-0.05, 0) is 24.1 Å². The number of likely N-dealkylation sites (tertiary alicyclic amines) is 1. The van der Waals surface area contributed by atoms with Gasteiger partial charge in [-0.3, -0.25) is 4.79 Å². The minimum Gasteiger partial charge on any atom is -0.497 e. The maximum absolute atomic E-state index is 11.6. The zero-order valence-corrected chi connectivity index (χ0v) is 13.1. The molecule has 0 N–H and O–H groups in total. The van der Waals surface area contributed by atoms with Crippen LogP contribution < -0.4 is 4.74 Å². The van der Waals surface area contributed by atoms with Gasteiger partial charge in [0.2, 0.25) is 11.8 Å². The third kappa shape index (κ3) is 3.59. The second kappa shape index (κ2) is 6.83. The molecule has 0 atom stereocenters. The van der Waals surface area contributed by atoms with Crippen molar-refractivity contribution < 1.29 is 13.9 Å². The van der Waals surface area contributed by atoms with Crippen LogP contribution in [-0.2, 0) is 17.1 Å². The van der Waals surface area contributed by atoms with E-state index in [0.717, 1.165) is 30.0 Å². The molecule has 1 aliphatic heterocycles. The van der Waals surface area contributed by atoms with Crippen molar-refractivity contribution in [1.29, 1.82) is 0 Å². The van der Waals surface area contributed by atoms with Gasteiger partial charge in [0.15, 0.2) is 0 Å². The quantitative estimate of drug-likeness (QED) is 0.762. The highest BCUT2D eigenvalue weighted by molar-refractivity contribution is 7.98. The molecular weight excluding hydrogens is 302 g/mol. The first kappa shape index (κ1) is 14.9. The van der Waals surface area contributed by atoms with Crippen molar-refractivity contribution in [3.05, 3.63) is 35.7 Å². The molecule has 6 nitrogen and oxygen atoms in total. The summed E-state index contributed by atoms with van der Waals surface area (Å²) in [5.74, 6) is 2.20. The first-order chi connectivity index (χ1) is 10.7. The van der Waals surface area contributed by atoms with E-state index in [-0.39, 0.29) is 5.91 Å². The average Bonchev–Trinajstić information content (AvgIpc) is 3.15. The molecule has 0 spiro atoms. The summed E-state index contributed by atoms with van der Waals surface area (Å²) in [6, 6.07) is 7.86. The molecule has 0 unspecified atom stereocenters. The lowest BCUT2D eigenvalue weighted by molar-refractivity contribution is -0.128. The highest BCUT2D eigenvalue weighted by Gasteiger charge is 2.22. The minimum absolute atomic E-state index is 0.156. The van der Waals surface area contributed by atoms with Gasteiger partial charge in [0, 0.05) is 18.7 Å². The summed E-state index contributed by atoms with van der Waals surface area (Å²) in [4.78, 5) is 13.3. The topological polar surface area (TPSA) is 68.5 Å². The third-order valence-electron chi connectivity index (χ3n) is 3.44. The zero-order chi connectivity index (χ0) is 15.4. The van der Waals surface area contributed by atoms with Crippen molar-refractivity contribution in [2.75, 3.05) is 13.7 Å². The van der Waals surface area contributed by atoms with Crippen molar-refractivity contribution in [3.8, 4) is 5.75 Å². The number of rotatable bonds is 6. The predicted octanol–water partition coefficient (Wildman–Crippen LogP) is 2.49. The van der Waals surface area contributed by atoms with Crippen LogP contribution in [0.15, 0.2) is 33.9 Å². The van der Waals surface area contributed by atoms with E-state index in [2.05, 4.69) is 10.2 Å². The number of aromatic nitrogens is 2. The van der Waals surface area contributed by atoms with E-state index < -0.39 is 0 Å². The number of thioether (sulfide) groups is 1. The van der Waals surface area contributed by atoms with Crippen molar-refractivity contribution in [2.24, 2.45) is 0 Å². The standard InChI is InChI=1S/C15H17N3O3S/c1-20-12-5-2-4-11(8-12)10-22-15-17-16-13(21-15)9-18-7-3-6-14(18)19/h2,4-5,8H,3,6-7,9-10H2,1H3. The molecular formula is C15H17N3O3S. The molecule has 0 saturated carbocycles. The summed E-state index contributed by atoms with van der Waals surface area (Å²) in [5.41, 5.74) is 1.12. The van der Waals surface area contributed by atoms with E-state index >= 15 is 0 Å². The maximum atomic E-state index is 11.6. The first-order valence-corrected chi connectivity index (χ1v) is 8.09. The molecule has 1 fully saturated rings. The molecule has 2 aromatic rings. The monoisotopic (exact) mass is 319 g/mol. The van der Waals surface area contributed by atoms with Gasteiger partial charge in [0.25, 0.3) is 5.22 Å². The highest BCUT2D eigenvalue weighted by atomic mass is 32.2. The number of carbonyl (C=O) groups is 1. The molecule has 0 radical (unpaired) electrons. The van der Waals surface area contributed by atoms with Crippen LogP contribution in [-0.4, -0.2) is 34.7 Å². The van der Waals surface area contributed by atoms with Crippen LogP contribution in [0, 0.1) is 0 Å². The van der Waals surface area contributed by atoms with Crippen LogP contribution >= 0.6 is 11.8 Å². The lowest BCUT2D eigenvalue weighted by atomic mass is 10.2. The maximum Gasteiger partial charge on any atom is 0.276 e. The minimum atomic E-state index is 0.156. The van der Waals surface area contributed by atoms with Crippen molar-refractivity contribution in [1.82, 2.24) is 15.1 Å². The SMILES string of the molecule is COc1cccc(CSc2nnc(CN3CCCC3=O)o2)c1. The van der Waals surface area contributed by atoms with E-state index in [1.54, 1.807) is 12.0 Å². The zero-order valence-electron chi connectivity index (χ0n) is 12.3. The molecule has 1 saturated heterocycles. The molecule has 7 heteroatoms. The van der Waals surface area contributed by atoms with E-state index in [0.29, 0.717) is 24.1 Å². The number of carbonyl (C=O) groups excluding carboxylic acids is 1. The Labute approximate surface area is 132 Å². The van der Waals surface area contributed by atoms with Gasteiger partial charge in [-0.1, -0.05) is 23.9 Å². The average molecular weight is 319 g/mol. The second-order valence-corrected chi connectivity index (χ2v) is 5.95. The molecule has 1 aromatic carbocycles. The van der Waals surface area contributed by atoms with Crippen molar-refractivity contribution >= 4 is 17.7 Å². The van der Waals surface area contributed by atoms with Gasteiger partial charge in [-0.2, -0.15) is 0 Å². The van der Waals surface area contributed by atoms with E-state index in [1.165, 1.54) is 11.8 Å². The molecule has 2 heterocycles. The number of hydrogen-bond donors (Lipinski definition) is 0. The number of methoxy groups -OCH3 is 1. The Kier molecular flexibility index (Phi) is 4.62. The molecule has 1 aliphatic rings. The van der Waals surface area contributed by atoms with Gasteiger partial charge in [-0.15, -0.1) is 10.2 Å². The molecule has 116 valence electrons. The molecule has 22 heavy (non-hydrogen) atoms. The number of amides is 1. The Morgan fingerprint density at radius 3 is 3.09 bits per heavy atom. The molecule has 0 aliphatic carbocycles. The van der Waals surface area contributed by atoms with Gasteiger partial charge >= 0.3 is 0 Å².